The van der Waals surface area contributed by atoms with Gasteiger partial charge in [0.2, 0.25) is 15.9 Å². The third kappa shape index (κ3) is 4.17. The van der Waals surface area contributed by atoms with Crippen LogP contribution in [0.5, 0.6) is 0 Å². The number of hydrogen-bond acceptors (Lipinski definition) is 4. The fourth-order valence-corrected chi connectivity index (χ4v) is 7.28. The molecule has 4 fully saturated rings. The van der Waals surface area contributed by atoms with Crippen molar-refractivity contribution in [2.75, 3.05) is 13.6 Å². The number of nitrogens with zero attached hydrogens (tertiary/aromatic N) is 2. The molecule has 0 spiro atoms. The average molecular weight is 430 g/mol. The van der Waals surface area contributed by atoms with E-state index in [2.05, 4.69) is 4.72 Å². The molecule has 5 atom stereocenters. The molecule has 3 aliphatic carbocycles. The van der Waals surface area contributed by atoms with Gasteiger partial charge >= 0.3 is 6.03 Å². The van der Waals surface area contributed by atoms with Crippen molar-refractivity contribution in [2.45, 2.75) is 87.7 Å². The van der Waals surface area contributed by atoms with Crippen LogP contribution < -0.4 is 4.72 Å². The fraction of sp³-hybridized carbons (Fsp3) is 0.900. The Balaban J connectivity index is 1.49. The second kappa shape index (κ2) is 7.48. The van der Waals surface area contributed by atoms with Crippen molar-refractivity contribution >= 4 is 22.0 Å². The Hall–Kier alpha value is -1.22. The molecule has 0 aromatic carbocycles. The molecule has 0 radical (unpaired) electrons. The SMILES string of the molecule is CN1C(=O)C2CC(S(=O)(=O)NC3(C)CC3)CCC2N(CC2CCCC(F)C2)C1=O. The number of rotatable bonds is 5. The predicted octanol–water partition coefficient (Wildman–Crippen LogP) is 2.42. The van der Waals surface area contributed by atoms with Crippen LogP contribution in [0.3, 0.4) is 0 Å². The van der Waals surface area contributed by atoms with Crippen LogP contribution in [0.2, 0.25) is 0 Å². The molecule has 3 saturated carbocycles. The monoisotopic (exact) mass is 429 g/mol. The van der Waals surface area contributed by atoms with E-state index in [0.717, 1.165) is 30.6 Å². The molecule has 0 aromatic rings. The summed E-state index contributed by atoms with van der Waals surface area (Å²) in [5, 5.41) is -0.613. The van der Waals surface area contributed by atoms with Crippen LogP contribution in [0, 0.1) is 11.8 Å². The maximum Gasteiger partial charge on any atom is 0.326 e. The van der Waals surface area contributed by atoms with Crippen molar-refractivity contribution in [3.05, 3.63) is 0 Å². The number of urea groups is 1. The minimum absolute atomic E-state index is 0.0999. The highest BCUT2D eigenvalue weighted by Crippen LogP contribution is 2.40. The third-order valence-corrected chi connectivity index (χ3v) is 9.43. The number of alkyl halides is 1. The van der Waals surface area contributed by atoms with Gasteiger partial charge in [0.05, 0.1) is 11.2 Å². The van der Waals surface area contributed by atoms with Crippen LogP contribution in [0.1, 0.15) is 64.7 Å². The summed E-state index contributed by atoms with van der Waals surface area (Å²) in [6, 6.07) is -0.615. The summed E-state index contributed by atoms with van der Waals surface area (Å²) in [4.78, 5) is 28.5. The molecule has 4 aliphatic rings. The van der Waals surface area contributed by atoms with Gasteiger partial charge in [0.25, 0.3) is 0 Å². The van der Waals surface area contributed by atoms with Crippen LogP contribution in [-0.2, 0) is 14.8 Å². The Morgan fingerprint density at radius 1 is 1.14 bits per heavy atom. The highest BCUT2D eigenvalue weighted by atomic mass is 32.2. The molecule has 5 unspecified atom stereocenters. The number of halogens is 1. The van der Waals surface area contributed by atoms with Gasteiger partial charge in [-0.3, -0.25) is 9.69 Å². The first-order chi connectivity index (χ1) is 13.6. The molecule has 1 N–H and O–H groups in total. The highest BCUT2D eigenvalue weighted by molar-refractivity contribution is 7.90. The van der Waals surface area contributed by atoms with Crippen molar-refractivity contribution in [3.8, 4) is 0 Å². The minimum atomic E-state index is -3.51. The van der Waals surface area contributed by atoms with Crippen LogP contribution in [0.4, 0.5) is 9.18 Å². The molecular weight excluding hydrogens is 397 g/mol. The molecule has 1 saturated heterocycles. The Morgan fingerprint density at radius 2 is 1.86 bits per heavy atom. The number of carbonyl (C=O) groups excluding carboxylic acids is 2. The molecule has 4 rings (SSSR count). The normalized spacial score (nSPS) is 37.4. The first-order valence-corrected chi connectivity index (χ1v) is 12.4. The van der Waals surface area contributed by atoms with Crippen molar-refractivity contribution in [3.63, 3.8) is 0 Å². The van der Waals surface area contributed by atoms with Crippen LogP contribution in [0.25, 0.3) is 0 Å². The summed E-state index contributed by atoms with van der Waals surface area (Å²) in [7, 11) is -2.04. The largest absolute Gasteiger partial charge is 0.326 e. The van der Waals surface area contributed by atoms with Crippen molar-refractivity contribution < 1.29 is 22.4 Å². The number of amides is 3. The molecule has 0 aromatic heterocycles. The van der Waals surface area contributed by atoms with Gasteiger partial charge in [0.15, 0.2) is 0 Å². The van der Waals surface area contributed by atoms with Gasteiger partial charge in [0, 0.05) is 25.2 Å². The quantitative estimate of drug-likeness (QED) is 0.727. The van der Waals surface area contributed by atoms with Crippen LogP contribution in [-0.4, -0.2) is 66.8 Å². The summed E-state index contributed by atoms with van der Waals surface area (Å²) < 4.78 is 42.3. The summed E-state index contributed by atoms with van der Waals surface area (Å²) in [6.45, 7) is 2.35. The Morgan fingerprint density at radius 3 is 2.52 bits per heavy atom. The summed E-state index contributed by atoms with van der Waals surface area (Å²) >= 11 is 0. The Bertz CT molecular complexity index is 785. The van der Waals surface area contributed by atoms with Crippen molar-refractivity contribution in [1.82, 2.24) is 14.5 Å². The summed E-state index contributed by atoms with van der Waals surface area (Å²) in [6.07, 6.45) is 4.77. The van der Waals surface area contributed by atoms with E-state index in [-0.39, 0.29) is 35.9 Å². The minimum Gasteiger partial charge on any atom is -0.320 e. The maximum absolute atomic E-state index is 13.8. The van der Waals surface area contributed by atoms with Crippen molar-refractivity contribution in [1.29, 1.82) is 0 Å². The molecule has 1 heterocycles. The summed E-state index contributed by atoms with van der Waals surface area (Å²) in [5.41, 5.74) is -0.338. The maximum atomic E-state index is 13.8. The molecule has 3 amide bonds. The number of fused-ring (bicyclic) bond motifs is 1. The van der Waals surface area contributed by atoms with E-state index in [1.807, 2.05) is 6.92 Å². The van der Waals surface area contributed by atoms with E-state index in [9.17, 15) is 22.4 Å². The van der Waals surface area contributed by atoms with E-state index < -0.39 is 27.4 Å². The lowest BCUT2D eigenvalue weighted by atomic mass is 9.79. The van der Waals surface area contributed by atoms with Gasteiger partial charge in [-0.25, -0.2) is 22.3 Å². The van der Waals surface area contributed by atoms with Crippen molar-refractivity contribution in [2.24, 2.45) is 11.8 Å². The molecule has 1 aliphatic heterocycles. The first-order valence-electron chi connectivity index (χ1n) is 10.8. The smallest absolute Gasteiger partial charge is 0.320 e. The van der Waals surface area contributed by atoms with E-state index in [1.165, 1.54) is 7.05 Å². The fourth-order valence-electron chi connectivity index (χ4n) is 5.31. The molecule has 7 nitrogen and oxygen atoms in total. The lowest BCUT2D eigenvalue weighted by Gasteiger charge is -2.48. The van der Waals surface area contributed by atoms with E-state index in [1.54, 1.807) is 4.90 Å². The first kappa shape index (κ1) is 21.0. The second-order valence-corrected chi connectivity index (χ2v) is 11.7. The Labute approximate surface area is 172 Å². The molecule has 29 heavy (non-hydrogen) atoms. The Kier molecular flexibility index (Phi) is 5.42. The van der Waals surface area contributed by atoms with Gasteiger partial charge < -0.3 is 4.90 Å². The predicted molar refractivity (Wildman–Crippen MR) is 106 cm³/mol. The number of sulfonamides is 1. The van der Waals surface area contributed by atoms with E-state index in [4.69, 9.17) is 0 Å². The number of nitrogens with one attached hydrogen (secondary N) is 1. The lowest BCUT2D eigenvalue weighted by molar-refractivity contribution is -0.139. The van der Waals surface area contributed by atoms with Gasteiger partial charge in [-0.1, -0.05) is 6.42 Å². The molecule has 9 heteroatoms. The van der Waals surface area contributed by atoms with Crippen LogP contribution >= 0.6 is 0 Å². The van der Waals surface area contributed by atoms with E-state index in [0.29, 0.717) is 32.2 Å². The molecular formula is C20H32FN3O4S. The number of hydrogen-bond donors (Lipinski definition) is 1. The van der Waals surface area contributed by atoms with E-state index >= 15 is 0 Å². The van der Waals surface area contributed by atoms with Gasteiger partial charge in [-0.05, 0) is 64.2 Å². The molecule has 164 valence electrons. The third-order valence-electron chi connectivity index (χ3n) is 7.35. The number of carbonyl (C=O) groups is 2. The zero-order valence-corrected chi connectivity index (χ0v) is 18.1. The zero-order chi connectivity index (χ0) is 21.0. The second-order valence-electron chi connectivity index (χ2n) is 9.78. The molecule has 0 bridgehead atoms. The zero-order valence-electron chi connectivity index (χ0n) is 17.3. The van der Waals surface area contributed by atoms with Gasteiger partial charge in [-0.15, -0.1) is 0 Å². The van der Waals surface area contributed by atoms with Gasteiger partial charge in [-0.2, -0.15) is 0 Å². The highest BCUT2D eigenvalue weighted by Gasteiger charge is 2.51. The summed E-state index contributed by atoms with van der Waals surface area (Å²) in [5.74, 6) is -0.700. The average Bonchev–Trinajstić information content (AvgIpc) is 3.39. The topological polar surface area (TPSA) is 86.8 Å². The van der Waals surface area contributed by atoms with Gasteiger partial charge in [0.1, 0.15) is 6.17 Å². The lowest BCUT2D eigenvalue weighted by Crippen LogP contribution is -2.64. The number of imide groups is 1. The van der Waals surface area contributed by atoms with Crippen LogP contribution in [0.15, 0.2) is 0 Å². The standard InChI is InChI=1S/C20H32FN3O4S/c1-20(8-9-20)22-29(27,28)15-6-7-17-16(11-15)18(25)23(2)19(26)24(17)12-13-4-3-5-14(21)10-13/h13-17,22H,3-12H2,1-2H3.